The summed E-state index contributed by atoms with van der Waals surface area (Å²) in [4.78, 5) is 64.7. The predicted octanol–water partition coefficient (Wildman–Crippen LogP) is 12.8. The summed E-state index contributed by atoms with van der Waals surface area (Å²) in [6.07, 6.45) is 30.0. The van der Waals surface area contributed by atoms with E-state index in [9.17, 15) is 24.0 Å². The Morgan fingerprint density at radius 3 is 1.05 bits per heavy atom. The number of nitrogens with zero attached hydrogens (tertiary/aromatic N) is 1. The van der Waals surface area contributed by atoms with Crippen LogP contribution in [0.2, 0.25) is 0 Å². The molecule has 0 N–H and O–H groups in total. The molecule has 0 rings (SSSR count). The maximum atomic E-state index is 12.6. The molecule has 0 aliphatic rings. The Balaban J connectivity index is 4.58. The van der Waals surface area contributed by atoms with Gasteiger partial charge in [0, 0.05) is 32.1 Å². The third-order valence-electron chi connectivity index (χ3n) is 11.7. The van der Waals surface area contributed by atoms with Gasteiger partial charge in [-0.3, -0.25) is 24.0 Å². The Kier molecular flexibility index (Phi) is 42.6. The molecule has 0 saturated heterocycles. The minimum absolute atomic E-state index is 0.143. The number of hydrogen-bond acceptors (Lipinski definition) is 11. The van der Waals surface area contributed by atoms with Crippen LogP contribution >= 0.6 is 0 Å². The van der Waals surface area contributed by atoms with Gasteiger partial charge in [-0.2, -0.15) is 0 Å². The van der Waals surface area contributed by atoms with E-state index in [1.165, 1.54) is 89.9 Å². The van der Waals surface area contributed by atoms with E-state index < -0.39 is 24.0 Å². The normalized spacial score (nSPS) is 12.7. The van der Waals surface area contributed by atoms with Gasteiger partial charge in [0.2, 0.25) is 0 Å². The largest absolute Gasteiger partial charge is 0.465 e. The highest BCUT2D eigenvalue weighted by molar-refractivity contribution is 5.71. The van der Waals surface area contributed by atoms with Gasteiger partial charge in [-0.15, -0.1) is 0 Å². The highest BCUT2D eigenvalue weighted by Gasteiger charge is 2.20. The first-order valence-corrected chi connectivity index (χ1v) is 26.0. The SMILES string of the molecule is CCCCCCCCC(CCCCCC)COC(=O)CCCCCC(=O)OCC(COC(=O)CCCCCCC(=O)OCC(CCCC)CCCCCC)OC(=O)CCCN(C)C. The quantitative estimate of drug-likeness (QED) is 0.0328. The van der Waals surface area contributed by atoms with Crippen LogP contribution in [0.4, 0.5) is 0 Å². The van der Waals surface area contributed by atoms with Gasteiger partial charge in [0.1, 0.15) is 13.2 Å². The Morgan fingerprint density at radius 2 is 0.651 bits per heavy atom. The number of carbonyl (C=O) groups is 5. The van der Waals surface area contributed by atoms with E-state index in [0.29, 0.717) is 76.4 Å². The van der Waals surface area contributed by atoms with Crippen molar-refractivity contribution in [2.45, 2.75) is 246 Å². The molecule has 0 amide bonds. The summed E-state index contributed by atoms with van der Waals surface area (Å²) in [5.74, 6) is -0.716. The molecule has 0 heterocycles. The summed E-state index contributed by atoms with van der Waals surface area (Å²) in [5.41, 5.74) is 0. The van der Waals surface area contributed by atoms with E-state index in [0.717, 1.165) is 57.9 Å². The van der Waals surface area contributed by atoms with Crippen LogP contribution in [0.3, 0.4) is 0 Å². The van der Waals surface area contributed by atoms with Crippen molar-refractivity contribution in [2.24, 2.45) is 11.8 Å². The van der Waals surface area contributed by atoms with E-state index in [4.69, 9.17) is 23.7 Å². The lowest BCUT2D eigenvalue weighted by Gasteiger charge is -2.18. The van der Waals surface area contributed by atoms with Crippen molar-refractivity contribution in [3.8, 4) is 0 Å². The molecule has 370 valence electrons. The minimum Gasteiger partial charge on any atom is -0.465 e. The predicted molar refractivity (Wildman–Crippen MR) is 254 cm³/mol. The summed E-state index contributed by atoms with van der Waals surface area (Å²) in [5, 5.41) is 0. The zero-order chi connectivity index (χ0) is 46.6. The van der Waals surface area contributed by atoms with Crippen molar-refractivity contribution in [2.75, 3.05) is 47.1 Å². The third-order valence-corrected chi connectivity index (χ3v) is 11.7. The highest BCUT2D eigenvalue weighted by Crippen LogP contribution is 2.21. The van der Waals surface area contributed by atoms with Crippen LogP contribution in [0, 0.1) is 11.8 Å². The summed E-state index contributed by atoms with van der Waals surface area (Å²) in [6.45, 7) is 10.2. The van der Waals surface area contributed by atoms with E-state index >= 15 is 0 Å². The molecule has 0 aliphatic carbocycles. The zero-order valence-electron chi connectivity index (χ0n) is 41.6. The average Bonchev–Trinajstić information content (AvgIpc) is 3.26. The lowest BCUT2D eigenvalue weighted by molar-refractivity contribution is -0.167. The van der Waals surface area contributed by atoms with Gasteiger partial charge in [0.05, 0.1) is 13.2 Å². The first-order chi connectivity index (χ1) is 30.5. The van der Waals surface area contributed by atoms with Gasteiger partial charge in [-0.1, -0.05) is 150 Å². The molecule has 0 fully saturated rings. The molecule has 0 spiro atoms. The topological polar surface area (TPSA) is 135 Å². The number of hydrogen-bond donors (Lipinski definition) is 0. The fourth-order valence-electron chi connectivity index (χ4n) is 7.64. The standard InChI is InChI=1S/C52H97NO10/c1-7-11-15-18-19-25-34-46(33-24-17-13-9-3)42-60-49(55)37-28-22-29-38-51(57)62-44-47(63-52(58)39-30-40-53(5)6)43-61-50(56)36-27-21-20-26-35-48(54)59-41-45(31-14-10-4)32-23-16-12-8-2/h45-47H,7-44H2,1-6H3. The van der Waals surface area contributed by atoms with Gasteiger partial charge in [0.25, 0.3) is 0 Å². The fourth-order valence-corrected chi connectivity index (χ4v) is 7.64. The molecule has 11 nitrogen and oxygen atoms in total. The van der Waals surface area contributed by atoms with Crippen molar-refractivity contribution >= 4 is 29.8 Å². The van der Waals surface area contributed by atoms with Crippen LogP contribution in [0.1, 0.15) is 240 Å². The van der Waals surface area contributed by atoms with Crippen molar-refractivity contribution in [1.82, 2.24) is 4.90 Å². The Morgan fingerprint density at radius 1 is 0.349 bits per heavy atom. The smallest absolute Gasteiger partial charge is 0.306 e. The summed E-state index contributed by atoms with van der Waals surface area (Å²) >= 11 is 0. The maximum Gasteiger partial charge on any atom is 0.306 e. The molecule has 0 aromatic rings. The monoisotopic (exact) mass is 896 g/mol. The third kappa shape index (κ3) is 41.7. The maximum absolute atomic E-state index is 12.6. The second-order valence-corrected chi connectivity index (χ2v) is 18.4. The Bertz CT molecular complexity index is 1110. The number of carbonyl (C=O) groups excluding carboxylic acids is 5. The van der Waals surface area contributed by atoms with Crippen LogP contribution < -0.4 is 0 Å². The molecular weight excluding hydrogens is 799 g/mol. The first-order valence-electron chi connectivity index (χ1n) is 26.0. The summed E-state index contributed by atoms with van der Waals surface area (Å²) in [6, 6.07) is 0. The van der Waals surface area contributed by atoms with E-state index in [1.54, 1.807) is 0 Å². The molecule has 3 atom stereocenters. The lowest BCUT2D eigenvalue weighted by Crippen LogP contribution is -2.31. The van der Waals surface area contributed by atoms with Crippen molar-refractivity contribution in [3.63, 3.8) is 0 Å². The molecule has 0 radical (unpaired) electrons. The van der Waals surface area contributed by atoms with Crippen molar-refractivity contribution < 1.29 is 47.7 Å². The Labute approximate surface area is 385 Å². The molecular formula is C52H97NO10. The average molecular weight is 896 g/mol. The molecule has 0 saturated carbocycles. The lowest BCUT2D eigenvalue weighted by atomic mass is 9.95. The molecule has 0 aromatic heterocycles. The molecule has 63 heavy (non-hydrogen) atoms. The first kappa shape index (κ1) is 60.3. The summed E-state index contributed by atoms with van der Waals surface area (Å²) in [7, 11) is 3.86. The van der Waals surface area contributed by atoms with Gasteiger partial charge >= 0.3 is 29.8 Å². The highest BCUT2D eigenvalue weighted by atomic mass is 16.6. The second kappa shape index (κ2) is 44.5. The van der Waals surface area contributed by atoms with Crippen LogP contribution in [-0.2, 0) is 47.7 Å². The minimum atomic E-state index is -0.903. The van der Waals surface area contributed by atoms with Gasteiger partial charge in [0.15, 0.2) is 6.10 Å². The van der Waals surface area contributed by atoms with Gasteiger partial charge in [-0.25, -0.2) is 0 Å². The second-order valence-electron chi connectivity index (χ2n) is 18.4. The number of esters is 5. The van der Waals surface area contributed by atoms with Gasteiger partial charge in [-0.05, 0) is 90.3 Å². The molecule has 11 heteroatoms. The summed E-state index contributed by atoms with van der Waals surface area (Å²) < 4.78 is 27.8. The molecule has 0 aliphatic heterocycles. The van der Waals surface area contributed by atoms with Crippen LogP contribution in [0.25, 0.3) is 0 Å². The van der Waals surface area contributed by atoms with Crippen molar-refractivity contribution in [1.29, 1.82) is 0 Å². The number of unbranched alkanes of at least 4 members (excludes halogenated alkanes) is 17. The fraction of sp³-hybridized carbons (Fsp3) is 0.904. The van der Waals surface area contributed by atoms with Crippen molar-refractivity contribution in [3.05, 3.63) is 0 Å². The molecule has 3 unspecified atom stereocenters. The number of rotatable bonds is 46. The van der Waals surface area contributed by atoms with Crippen LogP contribution in [0.15, 0.2) is 0 Å². The zero-order valence-corrected chi connectivity index (χ0v) is 41.6. The van der Waals surface area contributed by atoms with Crippen LogP contribution in [0.5, 0.6) is 0 Å². The van der Waals surface area contributed by atoms with Crippen LogP contribution in [-0.4, -0.2) is 87.9 Å². The van der Waals surface area contributed by atoms with E-state index in [-0.39, 0.29) is 44.4 Å². The van der Waals surface area contributed by atoms with Gasteiger partial charge < -0.3 is 28.6 Å². The Hall–Kier alpha value is -2.69. The molecule has 0 bridgehead atoms. The molecule has 0 aromatic carbocycles. The van der Waals surface area contributed by atoms with E-state index in [2.05, 4.69) is 27.7 Å². The number of ether oxygens (including phenoxy) is 5. The van der Waals surface area contributed by atoms with E-state index in [1.807, 2.05) is 19.0 Å².